The van der Waals surface area contributed by atoms with Crippen LogP contribution in [0.25, 0.3) is 11.5 Å². The molecule has 6 nitrogen and oxygen atoms in total. The van der Waals surface area contributed by atoms with Crippen molar-refractivity contribution < 1.29 is 30.5 Å². The summed E-state index contributed by atoms with van der Waals surface area (Å²) in [6, 6.07) is 2.91. The van der Waals surface area contributed by atoms with Gasteiger partial charge in [0.25, 0.3) is 10.0 Å². The van der Waals surface area contributed by atoms with Gasteiger partial charge in [-0.1, -0.05) is 5.16 Å². The van der Waals surface area contributed by atoms with Gasteiger partial charge in [0.1, 0.15) is 5.69 Å². The van der Waals surface area contributed by atoms with E-state index in [9.17, 15) is 21.6 Å². The molecule has 0 spiro atoms. The van der Waals surface area contributed by atoms with E-state index in [-0.39, 0.29) is 22.6 Å². The van der Waals surface area contributed by atoms with Gasteiger partial charge in [-0.2, -0.15) is 13.2 Å². The Hall–Kier alpha value is -1.81. The number of hydrogen-bond acceptors (Lipinski definition) is 5. The Balaban J connectivity index is 1.86. The Morgan fingerprint density at radius 3 is 2.57 bits per heavy atom. The number of nitrogens with zero attached hydrogens (tertiary/aromatic N) is 1. The first kappa shape index (κ1) is 14.1. The van der Waals surface area contributed by atoms with Gasteiger partial charge in [0.15, 0.2) is 5.76 Å². The SMILES string of the molecule is O=S(=O)(NC1CC1)c1ccc(-c2cc(C(F)(F)F)on2)o1. The number of furan rings is 1. The highest BCUT2D eigenvalue weighted by molar-refractivity contribution is 7.89. The highest BCUT2D eigenvalue weighted by atomic mass is 32.2. The van der Waals surface area contributed by atoms with Crippen LogP contribution in [0.5, 0.6) is 0 Å². The molecule has 2 aromatic rings. The van der Waals surface area contributed by atoms with Gasteiger partial charge in [0.05, 0.1) is 0 Å². The molecule has 1 fully saturated rings. The zero-order valence-electron chi connectivity index (χ0n) is 10.3. The summed E-state index contributed by atoms with van der Waals surface area (Å²) in [6.45, 7) is 0. The molecule has 0 unspecified atom stereocenters. The Morgan fingerprint density at radius 1 is 1.29 bits per heavy atom. The summed E-state index contributed by atoms with van der Waals surface area (Å²) in [5, 5.41) is 2.84. The number of hydrogen-bond donors (Lipinski definition) is 1. The first-order valence-corrected chi connectivity index (χ1v) is 7.40. The Morgan fingerprint density at radius 2 is 2.00 bits per heavy atom. The molecule has 21 heavy (non-hydrogen) atoms. The second-order valence-corrected chi connectivity index (χ2v) is 6.23. The van der Waals surface area contributed by atoms with Gasteiger partial charge in [0, 0.05) is 12.1 Å². The van der Waals surface area contributed by atoms with Crippen LogP contribution in [0, 0.1) is 0 Å². The fraction of sp³-hybridized carbons (Fsp3) is 0.364. The minimum atomic E-state index is -4.67. The maximum Gasteiger partial charge on any atom is 0.452 e. The van der Waals surface area contributed by atoms with E-state index in [2.05, 4.69) is 14.4 Å². The van der Waals surface area contributed by atoms with Crippen LogP contribution in [-0.2, 0) is 16.2 Å². The summed E-state index contributed by atoms with van der Waals surface area (Å²) in [5.41, 5.74) is -0.227. The number of aromatic nitrogens is 1. The van der Waals surface area contributed by atoms with Crippen LogP contribution in [0.1, 0.15) is 18.6 Å². The molecule has 0 aliphatic heterocycles. The first-order chi connectivity index (χ1) is 9.75. The highest BCUT2D eigenvalue weighted by Gasteiger charge is 2.37. The first-order valence-electron chi connectivity index (χ1n) is 5.92. The lowest BCUT2D eigenvalue weighted by Crippen LogP contribution is -2.25. The molecular weight excluding hydrogens is 313 g/mol. The third-order valence-electron chi connectivity index (χ3n) is 2.79. The smallest absolute Gasteiger partial charge is 0.441 e. The van der Waals surface area contributed by atoms with Crippen molar-refractivity contribution in [3.8, 4) is 11.5 Å². The van der Waals surface area contributed by atoms with Crippen molar-refractivity contribution in [2.45, 2.75) is 30.2 Å². The molecule has 2 aromatic heterocycles. The molecule has 1 aliphatic carbocycles. The van der Waals surface area contributed by atoms with Gasteiger partial charge in [-0.15, -0.1) is 0 Å². The quantitative estimate of drug-likeness (QED) is 0.934. The lowest BCUT2D eigenvalue weighted by molar-refractivity contribution is -0.155. The molecule has 114 valence electrons. The lowest BCUT2D eigenvalue weighted by Gasteiger charge is -2.00. The Kier molecular flexibility index (Phi) is 3.10. The van der Waals surface area contributed by atoms with Gasteiger partial charge in [-0.25, -0.2) is 13.1 Å². The minimum Gasteiger partial charge on any atom is -0.441 e. The summed E-state index contributed by atoms with van der Waals surface area (Å²) in [7, 11) is -3.80. The van der Waals surface area contributed by atoms with Crippen molar-refractivity contribution in [1.29, 1.82) is 0 Å². The fourth-order valence-electron chi connectivity index (χ4n) is 1.61. The fourth-order valence-corrected chi connectivity index (χ4v) is 2.84. The zero-order chi connectivity index (χ0) is 15.3. The molecule has 0 amide bonds. The van der Waals surface area contributed by atoms with Gasteiger partial charge < -0.3 is 8.94 Å². The van der Waals surface area contributed by atoms with Gasteiger partial charge in [0.2, 0.25) is 10.9 Å². The molecule has 1 N–H and O–H groups in total. The van der Waals surface area contributed by atoms with E-state index >= 15 is 0 Å². The normalized spacial score (nSPS) is 16.3. The van der Waals surface area contributed by atoms with E-state index in [1.165, 1.54) is 6.07 Å². The van der Waals surface area contributed by atoms with E-state index in [1.54, 1.807) is 0 Å². The zero-order valence-corrected chi connectivity index (χ0v) is 11.2. The van der Waals surface area contributed by atoms with E-state index in [0.717, 1.165) is 18.9 Å². The summed E-state index contributed by atoms with van der Waals surface area (Å²) in [5.74, 6) is -1.40. The summed E-state index contributed by atoms with van der Waals surface area (Å²) >= 11 is 0. The van der Waals surface area contributed by atoms with Crippen LogP contribution >= 0.6 is 0 Å². The highest BCUT2D eigenvalue weighted by Crippen LogP contribution is 2.33. The van der Waals surface area contributed by atoms with Crippen molar-refractivity contribution in [2.24, 2.45) is 0 Å². The van der Waals surface area contributed by atoms with Crippen LogP contribution in [0.15, 0.2) is 32.2 Å². The number of sulfonamides is 1. The second kappa shape index (κ2) is 4.60. The average Bonchev–Trinajstić information content (AvgIpc) is 2.91. The third kappa shape index (κ3) is 2.95. The molecule has 1 saturated carbocycles. The van der Waals surface area contributed by atoms with Crippen LogP contribution in [0.2, 0.25) is 0 Å². The number of rotatable bonds is 4. The summed E-state index contributed by atoms with van der Waals surface area (Å²) in [6.07, 6.45) is -3.16. The monoisotopic (exact) mass is 322 g/mol. The molecule has 0 radical (unpaired) electrons. The maximum atomic E-state index is 12.4. The van der Waals surface area contributed by atoms with E-state index in [1.807, 2.05) is 0 Å². The molecule has 2 heterocycles. The number of halogens is 3. The van der Waals surface area contributed by atoms with Crippen molar-refractivity contribution in [1.82, 2.24) is 9.88 Å². The van der Waals surface area contributed by atoms with Crippen LogP contribution in [0.3, 0.4) is 0 Å². The molecule has 1 aliphatic rings. The molecule has 0 saturated heterocycles. The van der Waals surface area contributed by atoms with Gasteiger partial charge in [-0.05, 0) is 25.0 Å². The summed E-state index contributed by atoms with van der Waals surface area (Å²) in [4.78, 5) is 0. The maximum absolute atomic E-state index is 12.4. The molecule has 0 aromatic carbocycles. The molecule has 10 heteroatoms. The predicted octanol–water partition coefficient (Wildman–Crippen LogP) is 2.39. The Bertz CT molecular complexity index is 759. The topological polar surface area (TPSA) is 85.3 Å². The summed E-state index contributed by atoms with van der Waals surface area (Å²) < 4.78 is 72.5. The van der Waals surface area contributed by atoms with E-state index in [4.69, 9.17) is 4.42 Å². The number of alkyl halides is 3. The molecule has 3 rings (SSSR count). The molecule has 0 atom stereocenters. The van der Waals surface area contributed by atoms with E-state index < -0.39 is 22.0 Å². The largest absolute Gasteiger partial charge is 0.452 e. The lowest BCUT2D eigenvalue weighted by atomic mass is 10.3. The van der Waals surface area contributed by atoms with Crippen LogP contribution in [0.4, 0.5) is 13.2 Å². The molecular formula is C11H9F3N2O4S. The Labute approximate surface area is 117 Å². The van der Waals surface area contributed by atoms with Crippen molar-refractivity contribution in [2.75, 3.05) is 0 Å². The minimum absolute atomic E-state index is 0.104. The average molecular weight is 322 g/mol. The van der Waals surface area contributed by atoms with Crippen molar-refractivity contribution in [3.05, 3.63) is 24.0 Å². The van der Waals surface area contributed by atoms with E-state index in [0.29, 0.717) is 6.07 Å². The predicted molar refractivity (Wildman–Crippen MR) is 62.6 cm³/mol. The van der Waals surface area contributed by atoms with Crippen LogP contribution < -0.4 is 4.72 Å². The van der Waals surface area contributed by atoms with Crippen LogP contribution in [-0.4, -0.2) is 19.6 Å². The molecule has 0 bridgehead atoms. The third-order valence-corrected chi connectivity index (χ3v) is 4.18. The van der Waals surface area contributed by atoms with Crippen molar-refractivity contribution in [3.63, 3.8) is 0 Å². The number of nitrogens with one attached hydrogen (secondary N) is 1. The van der Waals surface area contributed by atoms with Gasteiger partial charge in [-0.3, -0.25) is 0 Å². The van der Waals surface area contributed by atoms with Crippen molar-refractivity contribution >= 4 is 10.0 Å². The second-order valence-electron chi connectivity index (χ2n) is 4.59. The van der Waals surface area contributed by atoms with Gasteiger partial charge >= 0.3 is 6.18 Å². The standard InChI is InChI=1S/C11H9F3N2O4S/c12-11(13,14)9-5-7(15-20-9)8-3-4-10(19-8)21(17,18)16-6-1-2-6/h3-6,16H,1-2H2.